The van der Waals surface area contributed by atoms with Gasteiger partial charge in [-0.1, -0.05) is 0 Å². The Balaban J connectivity index is 2.99. The highest BCUT2D eigenvalue weighted by molar-refractivity contribution is 6.17. The number of hydrogen-bond donors (Lipinski definition) is 0. The van der Waals surface area contributed by atoms with Crippen molar-refractivity contribution in [2.75, 3.05) is 31.7 Å². The summed E-state index contributed by atoms with van der Waals surface area (Å²) in [4.78, 5) is 2.10. The number of rotatable bonds is 7. The molecule has 0 unspecified atom stereocenters. The second kappa shape index (κ2) is 7.24. The van der Waals surface area contributed by atoms with Gasteiger partial charge >= 0.3 is 0 Å². The molecule has 100 valence electrons. The summed E-state index contributed by atoms with van der Waals surface area (Å²) in [5, 5.41) is 13.1. The molecule has 0 spiro atoms. The molecule has 0 saturated heterocycles. The Labute approximate surface area is 113 Å². The largest absolute Gasteiger partial charge is 0.383 e. The van der Waals surface area contributed by atoms with Gasteiger partial charge in [0, 0.05) is 32.8 Å². The van der Waals surface area contributed by atoms with E-state index in [9.17, 15) is 0 Å². The molecule has 5 nitrogen and oxygen atoms in total. The molecular weight excluding hydrogens is 252 g/mol. The Morgan fingerprint density at radius 2 is 2.22 bits per heavy atom. The molecule has 0 aromatic carbocycles. The van der Waals surface area contributed by atoms with E-state index in [1.807, 2.05) is 18.7 Å². The normalized spacial score (nSPS) is 10.4. The maximum absolute atomic E-state index is 8.73. The van der Waals surface area contributed by atoms with Gasteiger partial charge < -0.3 is 9.64 Å². The highest BCUT2D eigenvalue weighted by Crippen LogP contribution is 2.24. The first-order chi connectivity index (χ1) is 8.65. The van der Waals surface area contributed by atoms with Crippen molar-refractivity contribution in [3.8, 4) is 6.07 Å². The maximum atomic E-state index is 8.73. The molecule has 18 heavy (non-hydrogen) atoms. The summed E-state index contributed by atoms with van der Waals surface area (Å²) in [5.74, 6) is 1.40. The first kappa shape index (κ1) is 14.8. The zero-order valence-electron chi connectivity index (χ0n) is 11.1. The number of nitriles is 1. The van der Waals surface area contributed by atoms with Crippen LogP contribution in [0.5, 0.6) is 0 Å². The van der Waals surface area contributed by atoms with E-state index in [2.05, 4.69) is 16.1 Å². The molecule has 0 aliphatic heterocycles. The van der Waals surface area contributed by atoms with Gasteiger partial charge in [-0.05, 0) is 6.92 Å². The summed E-state index contributed by atoms with van der Waals surface area (Å²) in [5.41, 5.74) is 1.95. The molecule has 0 bridgehead atoms. The molecule has 1 heterocycles. The number of hydrogen-bond acceptors (Lipinski definition) is 4. The van der Waals surface area contributed by atoms with Crippen LogP contribution in [-0.4, -0.2) is 36.6 Å². The minimum absolute atomic E-state index is 0.422. The van der Waals surface area contributed by atoms with Gasteiger partial charge in [0.15, 0.2) is 0 Å². The number of methoxy groups -OCH3 is 1. The lowest BCUT2D eigenvalue weighted by molar-refractivity contribution is 0.205. The van der Waals surface area contributed by atoms with Crippen LogP contribution in [0.15, 0.2) is 0 Å². The number of halogens is 1. The minimum Gasteiger partial charge on any atom is -0.383 e. The Morgan fingerprint density at radius 3 is 2.78 bits per heavy atom. The van der Waals surface area contributed by atoms with E-state index in [0.717, 1.165) is 23.6 Å². The van der Waals surface area contributed by atoms with Crippen LogP contribution in [0.1, 0.15) is 17.7 Å². The highest BCUT2D eigenvalue weighted by Gasteiger charge is 2.18. The van der Waals surface area contributed by atoms with E-state index in [0.29, 0.717) is 25.5 Å². The van der Waals surface area contributed by atoms with Crippen LogP contribution in [0.2, 0.25) is 0 Å². The highest BCUT2D eigenvalue weighted by atomic mass is 35.5. The molecule has 0 N–H and O–H groups in total. The van der Waals surface area contributed by atoms with Gasteiger partial charge in [0.05, 0.1) is 30.7 Å². The van der Waals surface area contributed by atoms with Crippen molar-refractivity contribution >= 4 is 17.4 Å². The van der Waals surface area contributed by atoms with Gasteiger partial charge in [0.1, 0.15) is 5.82 Å². The fourth-order valence-electron chi connectivity index (χ4n) is 1.95. The molecular formula is C12H19ClN4O. The van der Waals surface area contributed by atoms with E-state index >= 15 is 0 Å². The molecule has 0 radical (unpaired) electrons. The second-order valence-corrected chi connectivity index (χ2v) is 4.30. The molecule has 0 aliphatic carbocycles. The standard InChI is InChI=1S/C12H19ClN4O/c1-10-11(9-13)12(16(2)15-10)17(6-4-5-14)7-8-18-3/h4,6-9H2,1-3H3. The molecule has 0 aliphatic rings. The monoisotopic (exact) mass is 270 g/mol. The van der Waals surface area contributed by atoms with Crippen molar-refractivity contribution in [2.24, 2.45) is 7.05 Å². The van der Waals surface area contributed by atoms with Gasteiger partial charge in [0.2, 0.25) is 0 Å². The number of alkyl halides is 1. The molecule has 6 heteroatoms. The van der Waals surface area contributed by atoms with Crippen molar-refractivity contribution < 1.29 is 4.74 Å². The van der Waals surface area contributed by atoms with Crippen LogP contribution in [0, 0.1) is 18.3 Å². The molecule has 0 amide bonds. The third kappa shape index (κ3) is 3.37. The van der Waals surface area contributed by atoms with E-state index in [1.165, 1.54) is 0 Å². The van der Waals surface area contributed by atoms with E-state index in [1.54, 1.807) is 7.11 Å². The summed E-state index contributed by atoms with van der Waals surface area (Å²) in [6.07, 6.45) is 0.468. The smallest absolute Gasteiger partial charge is 0.131 e. The lowest BCUT2D eigenvalue weighted by Crippen LogP contribution is -2.30. The number of nitrogens with zero attached hydrogens (tertiary/aromatic N) is 4. The Morgan fingerprint density at radius 1 is 1.50 bits per heavy atom. The van der Waals surface area contributed by atoms with Crippen LogP contribution in [0.3, 0.4) is 0 Å². The molecule has 1 rings (SSSR count). The average molecular weight is 271 g/mol. The topological polar surface area (TPSA) is 54.1 Å². The SMILES string of the molecule is COCCN(CCC#N)c1c(CCl)c(C)nn1C. The Kier molecular flexibility index (Phi) is 5.96. The number of anilines is 1. The summed E-state index contributed by atoms with van der Waals surface area (Å²) < 4.78 is 6.93. The molecule has 0 fully saturated rings. The summed E-state index contributed by atoms with van der Waals surface area (Å²) >= 11 is 5.99. The lowest BCUT2D eigenvalue weighted by Gasteiger charge is -2.24. The van der Waals surface area contributed by atoms with E-state index < -0.39 is 0 Å². The molecule has 1 aromatic rings. The average Bonchev–Trinajstić information content (AvgIpc) is 2.64. The van der Waals surface area contributed by atoms with Crippen molar-refractivity contribution in [2.45, 2.75) is 19.2 Å². The molecule has 0 saturated carbocycles. The van der Waals surface area contributed by atoms with Gasteiger partial charge in [0.25, 0.3) is 0 Å². The minimum atomic E-state index is 0.422. The lowest BCUT2D eigenvalue weighted by atomic mass is 10.2. The van der Waals surface area contributed by atoms with Crippen molar-refractivity contribution in [3.63, 3.8) is 0 Å². The second-order valence-electron chi connectivity index (χ2n) is 4.03. The number of aromatic nitrogens is 2. The van der Waals surface area contributed by atoms with Crippen LogP contribution in [0.25, 0.3) is 0 Å². The van der Waals surface area contributed by atoms with Crippen molar-refractivity contribution in [1.29, 1.82) is 5.26 Å². The van der Waals surface area contributed by atoms with Gasteiger partial charge in [-0.2, -0.15) is 10.4 Å². The van der Waals surface area contributed by atoms with Gasteiger partial charge in [-0.3, -0.25) is 4.68 Å². The zero-order valence-corrected chi connectivity index (χ0v) is 11.9. The Bertz CT molecular complexity index is 424. The Hall–Kier alpha value is -1.25. The van der Waals surface area contributed by atoms with E-state index in [4.69, 9.17) is 21.6 Å². The summed E-state index contributed by atoms with van der Waals surface area (Å²) in [6, 6.07) is 2.16. The quantitative estimate of drug-likeness (QED) is 0.710. The third-order valence-electron chi connectivity index (χ3n) is 2.81. The van der Waals surface area contributed by atoms with Crippen LogP contribution in [0.4, 0.5) is 5.82 Å². The molecule has 1 aromatic heterocycles. The van der Waals surface area contributed by atoms with Crippen LogP contribution in [-0.2, 0) is 17.7 Å². The molecule has 0 atom stereocenters. The summed E-state index contributed by atoms with van der Waals surface area (Å²) in [6.45, 7) is 3.93. The fraction of sp³-hybridized carbons (Fsp3) is 0.667. The number of aryl methyl sites for hydroxylation is 2. The van der Waals surface area contributed by atoms with Crippen molar-refractivity contribution in [1.82, 2.24) is 9.78 Å². The predicted octanol–water partition coefficient (Wildman–Crippen LogP) is 1.83. The van der Waals surface area contributed by atoms with Gasteiger partial charge in [-0.25, -0.2) is 0 Å². The summed E-state index contributed by atoms with van der Waals surface area (Å²) in [7, 11) is 3.56. The first-order valence-electron chi connectivity index (χ1n) is 5.85. The maximum Gasteiger partial charge on any atom is 0.131 e. The van der Waals surface area contributed by atoms with Crippen LogP contribution >= 0.6 is 11.6 Å². The van der Waals surface area contributed by atoms with Crippen LogP contribution < -0.4 is 4.90 Å². The predicted molar refractivity (Wildman–Crippen MR) is 71.8 cm³/mol. The van der Waals surface area contributed by atoms with Gasteiger partial charge in [-0.15, -0.1) is 11.6 Å². The first-order valence-corrected chi connectivity index (χ1v) is 6.38. The fourth-order valence-corrected chi connectivity index (χ4v) is 2.26. The third-order valence-corrected chi connectivity index (χ3v) is 3.07. The number of ether oxygens (including phenoxy) is 1. The zero-order chi connectivity index (χ0) is 13.5. The van der Waals surface area contributed by atoms with E-state index in [-0.39, 0.29) is 0 Å². The van der Waals surface area contributed by atoms with Crippen molar-refractivity contribution in [3.05, 3.63) is 11.3 Å².